The molecule has 0 spiro atoms. The molecule has 19 heavy (non-hydrogen) atoms. The summed E-state index contributed by atoms with van der Waals surface area (Å²) in [4.78, 5) is 16.8. The fraction of sp³-hybridized carbons (Fsp3) is 0.0769. The van der Waals surface area contributed by atoms with Crippen molar-refractivity contribution < 1.29 is 0 Å². The second-order valence-corrected chi connectivity index (χ2v) is 6.12. The van der Waals surface area contributed by atoms with Crippen molar-refractivity contribution in [2.75, 3.05) is 0 Å². The highest BCUT2D eigenvalue weighted by atomic mass is 35.5. The van der Waals surface area contributed by atoms with Crippen LogP contribution in [0.1, 0.15) is 0 Å². The highest BCUT2D eigenvalue weighted by Gasteiger charge is 2.15. The van der Waals surface area contributed by atoms with Gasteiger partial charge in [0.15, 0.2) is 0 Å². The van der Waals surface area contributed by atoms with E-state index in [2.05, 4.69) is 4.98 Å². The SMILES string of the molecule is Cn1c(=O)nc(-c2ccccc2Cl)c2cc(Cl)sc21. The van der Waals surface area contributed by atoms with E-state index in [1.807, 2.05) is 24.3 Å². The Balaban J connectivity index is 2.45. The highest BCUT2D eigenvalue weighted by molar-refractivity contribution is 7.22. The summed E-state index contributed by atoms with van der Waals surface area (Å²) >= 11 is 13.6. The normalized spacial score (nSPS) is 11.1. The molecule has 0 aliphatic carbocycles. The molecular weight excluding hydrogens is 303 g/mol. The summed E-state index contributed by atoms with van der Waals surface area (Å²) in [6, 6.07) is 9.13. The summed E-state index contributed by atoms with van der Waals surface area (Å²) in [5, 5.41) is 1.40. The fourth-order valence-electron chi connectivity index (χ4n) is 1.95. The molecule has 3 aromatic rings. The van der Waals surface area contributed by atoms with Gasteiger partial charge in [0.1, 0.15) is 4.83 Å². The van der Waals surface area contributed by atoms with Crippen LogP contribution in [0.5, 0.6) is 0 Å². The van der Waals surface area contributed by atoms with Gasteiger partial charge in [0.25, 0.3) is 0 Å². The number of aryl methyl sites for hydroxylation is 1. The van der Waals surface area contributed by atoms with Crippen LogP contribution < -0.4 is 5.69 Å². The molecule has 6 heteroatoms. The number of hydrogen-bond donors (Lipinski definition) is 0. The average Bonchev–Trinajstić information content (AvgIpc) is 2.77. The zero-order valence-corrected chi connectivity index (χ0v) is 12.2. The van der Waals surface area contributed by atoms with Gasteiger partial charge in [-0.05, 0) is 12.1 Å². The number of thiophene rings is 1. The van der Waals surface area contributed by atoms with Crippen LogP contribution >= 0.6 is 34.5 Å². The van der Waals surface area contributed by atoms with E-state index in [0.29, 0.717) is 15.1 Å². The fourth-order valence-corrected chi connectivity index (χ4v) is 3.34. The lowest BCUT2D eigenvalue weighted by Gasteiger charge is -2.06. The van der Waals surface area contributed by atoms with Gasteiger partial charge in [0, 0.05) is 23.0 Å². The molecular formula is C13H8Cl2N2OS. The maximum absolute atomic E-state index is 11.9. The van der Waals surface area contributed by atoms with Crippen LogP contribution in [-0.2, 0) is 7.05 Å². The van der Waals surface area contributed by atoms with Gasteiger partial charge in [0.05, 0.1) is 10.0 Å². The predicted molar refractivity (Wildman–Crippen MR) is 80.3 cm³/mol. The minimum absolute atomic E-state index is 0.319. The van der Waals surface area contributed by atoms with Gasteiger partial charge in [-0.25, -0.2) is 4.79 Å². The molecule has 1 aromatic carbocycles. The number of rotatable bonds is 1. The number of hydrogen-bond acceptors (Lipinski definition) is 3. The van der Waals surface area contributed by atoms with Gasteiger partial charge in [-0.15, -0.1) is 11.3 Å². The van der Waals surface area contributed by atoms with Gasteiger partial charge < -0.3 is 0 Å². The van der Waals surface area contributed by atoms with E-state index in [1.54, 1.807) is 13.1 Å². The minimum Gasteiger partial charge on any atom is -0.286 e. The first kappa shape index (κ1) is 12.7. The molecule has 0 saturated heterocycles. The number of halogens is 2. The van der Waals surface area contributed by atoms with Crippen molar-refractivity contribution in [2.45, 2.75) is 0 Å². The molecule has 96 valence electrons. The summed E-state index contributed by atoms with van der Waals surface area (Å²) < 4.78 is 2.11. The molecule has 0 fully saturated rings. The molecule has 0 aliphatic heterocycles. The molecule has 0 amide bonds. The Hall–Kier alpha value is -1.36. The van der Waals surface area contributed by atoms with Crippen molar-refractivity contribution in [3.63, 3.8) is 0 Å². The lowest BCUT2D eigenvalue weighted by atomic mass is 10.1. The van der Waals surface area contributed by atoms with E-state index < -0.39 is 0 Å². The Morgan fingerprint density at radius 2 is 2.00 bits per heavy atom. The second-order valence-electron chi connectivity index (χ2n) is 4.05. The summed E-state index contributed by atoms with van der Waals surface area (Å²) in [7, 11) is 1.68. The minimum atomic E-state index is -0.319. The predicted octanol–water partition coefficient (Wildman–Crippen LogP) is 3.97. The number of nitrogens with zero attached hydrogens (tertiary/aromatic N) is 2. The number of benzene rings is 1. The summed E-state index contributed by atoms with van der Waals surface area (Å²) in [6.07, 6.45) is 0. The molecule has 0 unspecified atom stereocenters. The Bertz CT molecular complexity index is 838. The average molecular weight is 311 g/mol. The maximum Gasteiger partial charge on any atom is 0.348 e. The van der Waals surface area contributed by atoms with Crippen LogP contribution in [0.2, 0.25) is 9.36 Å². The zero-order chi connectivity index (χ0) is 13.6. The topological polar surface area (TPSA) is 34.9 Å². The second kappa shape index (κ2) is 4.63. The Labute approximate surface area is 123 Å². The Morgan fingerprint density at radius 1 is 1.26 bits per heavy atom. The van der Waals surface area contributed by atoms with Gasteiger partial charge in [0.2, 0.25) is 0 Å². The van der Waals surface area contributed by atoms with Gasteiger partial charge in [-0.2, -0.15) is 4.98 Å². The molecule has 0 atom stereocenters. The van der Waals surface area contributed by atoms with Crippen molar-refractivity contribution in [3.05, 3.63) is 50.2 Å². The van der Waals surface area contributed by atoms with Crippen molar-refractivity contribution in [1.29, 1.82) is 0 Å². The Kier molecular flexibility index (Phi) is 3.09. The van der Waals surface area contributed by atoms with Gasteiger partial charge in [-0.1, -0.05) is 41.4 Å². The van der Waals surface area contributed by atoms with Crippen LogP contribution in [0.15, 0.2) is 35.1 Å². The van der Waals surface area contributed by atoms with Crippen LogP contribution in [0.4, 0.5) is 0 Å². The molecule has 2 aromatic heterocycles. The van der Waals surface area contributed by atoms with E-state index in [9.17, 15) is 4.79 Å². The monoisotopic (exact) mass is 310 g/mol. The molecule has 3 rings (SSSR count). The number of aromatic nitrogens is 2. The van der Waals surface area contributed by atoms with E-state index in [-0.39, 0.29) is 5.69 Å². The third kappa shape index (κ3) is 2.06. The first-order chi connectivity index (χ1) is 9.08. The summed E-state index contributed by atoms with van der Waals surface area (Å²) in [5.74, 6) is 0. The van der Waals surface area contributed by atoms with Crippen LogP contribution in [0.25, 0.3) is 21.5 Å². The van der Waals surface area contributed by atoms with Crippen molar-refractivity contribution >= 4 is 44.8 Å². The first-order valence-corrected chi connectivity index (χ1v) is 7.06. The summed E-state index contributed by atoms with van der Waals surface area (Å²) in [6.45, 7) is 0. The van der Waals surface area contributed by atoms with E-state index in [4.69, 9.17) is 23.2 Å². The van der Waals surface area contributed by atoms with E-state index in [0.717, 1.165) is 15.8 Å². The third-order valence-corrected chi connectivity index (χ3v) is 4.54. The lowest BCUT2D eigenvalue weighted by molar-refractivity contribution is 0.862. The van der Waals surface area contributed by atoms with Crippen molar-refractivity contribution in [1.82, 2.24) is 9.55 Å². The molecule has 2 heterocycles. The smallest absolute Gasteiger partial charge is 0.286 e. The van der Waals surface area contributed by atoms with E-state index >= 15 is 0 Å². The van der Waals surface area contributed by atoms with Crippen LogP contribution in [-0.4, -0.2) is 9.55 Å². The molecule has 0 bridgehead atoms. The Morgan fingerprint density at radius 3 is 2.74 bits per heavy atom. The van der Waals surface area contributed by atoms with Crippen molar-refractivity contribution in [3.8, 4) is 11.3 Å². The molecule has 0 radical (unpaired) electrons. The van der Waals surface area contributed by atoms with Gasteiger partial charge in [-0.3, -0.25) is 4.57 Å². The third-order valence-electron chi connectivity index (χ3n) is 2.87. The van der Waals surface area contributed by atoms with Crippen LogP contribution in [0.3, 0.4) is 0 Å². The quantitative estimate of drug-likeness (QED) is 0.681. The zero-order valence-electron chi connectivity index (χ0n) is 9.85. The van der Waals surface area contributed by atoms with Gasteiger partial charge >= 0.3 is 5.69 Å². The van der Waals surface area contributed by atoms with Crippen LogP contribution in [0, 0.1) is 0 Å². The van der Waals surface area contributed by atoms with E-state index in [1.165, 1.54) is 15.9 Å². The highest BCUT2D eigenvalue weighted by Crippen LogP contribution is 2.36. The lowest BCUT2D eigenvalue weighted by Crippen LogP contribution is -2.20. The number of fused-ring (bicyclic) bond motifs is 1. The van der Waals surface area contributed by atoms with Crippen molar-refractivity contribution in [2.24, 2.45) is 7.05 Å². The maximum atomic E-state index is 11.9. The molecule has 0 saturated carbocycles. The molecule has 0 N–H and O–H groups in total. The molecule has 3 nitrogen and oxygen atoms in total. The first-order valence-electron chi connectivity index (χ1n) is 5.49. The summed E-state index contributed by atoms with van der Waals surface area (Å²) in [5.41, 5.74) is 0.995. The molecule has 0 aliphatic rings. The standard InChI is InChI=1S/C13H8Cl2N2OS/c1-17-12-8(6-10(15)19-12)11(16-13(17)18)7-4-2-3-5-9(7)14/h2-6H,1H3. The largest absolute Gasteiger partial charge is 0.348 e.